The number of nitrogens with zero attached hydrogens (tertiary/aromatic N) is 3. The number of benzene rings is 1. The molecule has 0 radical (unpaired) electrons. The van der Waals surface area contributed by atoms with Crippen LogP contribution in [-0.2, 0) is 4.79 Å². The number of hydrogen-bond donors (Lipinski definition) is 2. The summed E-state index contributed by atoms with van der Waals surface area (Å²) in [7, 11) is 0. The van der Waals surface area contributed by atoms with Gasteiger partial charge in [0.15, 0.2) is 0 Å². The lowest BCUT2D eigenvalue weighted by Crippen LogP contribution is -2.54. The van der Waals surface area contributed by atoms with E-state index in [4.69, 9.17) is 0 Å². The van der Waals surface area contributed by atoms with E-state index < -0.39 is 0 Å². The Kier molecular flexibility index (Phi) is 7.73. The molecule has 0 bridgehead atoms. The number of carbonyl (C=O) groups excluding carboxylic acids is 3. The van der Waals surface area contributed by atoms with Crippen LogP contribution in [0.3, 0.4) is 0 Å². The summed E-state index contributed by atoms with van der Waals surface area (Å²) in [6, 6.07) is 5.96. The topological polar surface area (TPSA) is 85.0 Å². The number of carbonyl (C=O) groups is 3. The summed E-state index contributed by atoms with van der Waals surface area (Å²) in [4.78, 5) is 43.9. The lowest BCUT2D eigenvalue weighted by molar-refractivity contribution is -0.115. The Labute approximate surface area is 196 Å². The minimum Gasteiger partial charge on any atom is -0.367 e. The molecule has 0 atom stereocenters. The van der Waals surface area contributed by atoms with Gasteiger partial charge >= 0.3 is 6.03 Å². The van der Waals surface area contributed by atoms with Gasteiger partial charge in [0.05, 0.1) is 5.56 Å². The molecule has 3 fully saturated rings. The predicted molar refractivity (Wildman–Crippen MR) is 130 cm³/mol. The fraction of sp³-hybridized carbons (Fsp3) is 0.640. The molecule has 180 valence electrons. The third kappa shape index (κ3) is 5.78. The molecule has 3 aliphatic rings. The van der Waals surface area contributed by atoms with Crippen molar-refractivity contribution in [3.63, 3.8) is 0 Å². The van der Waals surface area contributed by atoms with E-state index in [0.29, 0.717) is 49.9 Å². The standard InChI is InChI=1S/C25H37N5O3/c1-2-23(31)26-20-10-11-22(21(18-20)24(32)29-12-6-7-13-29)28-14-16-30(17-15-28)25(33)27-19-8-4-3-5-9-19/h10-11,18-19H,2-9,12-17H2,1H3,(H,26,31)(H,27,33). The molecule has 0 spiro atoms. The SMILES string of the molecule is CCC(=O)Nc1ccc(N2CCN(C(=O)NC3CCCCC3)CC2)c(C(=O)N2CCCC2)c1. The molecule has 2 N–H and O–H groups in total. The first-order chi connectivity index (χ1) is 16.0. The summed E-state index contributed by atoms with van der Waals surface area (Å²) in [5, 5.41) is 6.09. The van der Waals surface area contributed by atoms with Gasteiger partial charge in [0.1, 0.15) is 0 Å². The second-order valence-corrected chi connectivity index (χ2v) is 9.39. The molecule has 1 saturated carbocycles. The molecule has 8 heteroatoms. The van der Waals surface area contributed by atoms with Crippen LogP contribution in [0.1, 0.15) is 68.6 Å². The molecule has 0 aromatic heterocycles. The van der Waals surface area contributed by atoms with Crippen molar-refractivity contribution < 1.29 is 14.4 Å². The number of anilines is 2. The van der Waals surface area contributed by atoms with Gasteiger partial charge in [-0.25, -0.2) is 4.79 Å². The van der Waals surface area contributed by atoms with Crippen LogP contribution in [0, 0.1) is 0 Å². The summed E-state index contributed by atoms with van der Waals surface area (Å²) in [5.74, 6) is -0.0486. The summed E-state index contributed by atoms with van der Waals surface area (Å²) in [6.45, 7) is 5.98. The van der Waals surface area contributed by atoms with Crippen molar-refractivity contribution >= 4 is 29.2 Å². The third-order valence-electron chi connectivity index (χ3n) is 7.07. The van der Waals surface area contributed by atoms with E-state index in [9.17, 15) is 14.4 Å². The molecule has 2 aliphatic heterocycles. The molecular formula is C25H37N5O3. The monoisotopic (exact) mass is 455 g/mol. The Bertz CT molecular complexity index is 854. The van der Waals surface area contributed by atoms with Crippen molar-refractivity contribution in [1.29, 1.82) is 0 Å². The van der Waals surface area contributed by atoms with E-state index >= 15 is 0 Å². The number of hydrogen-bond acceptors (Lipinski definition) is 4. The van der Waals surface area contributed by atoms with E-state index in [0.717, 1.165) is 44.5 Å². The minimum atomic E-state index is -0.0695. The second-order valence-electron chi connectivity index (χ2n) is 9.39. The van der Waals surface area contributed by atoms with Crippen LogP contribution in [0.4, 0.5) is 16.2 Å². The van der Waals surface area contributed by atoms with Gasteiger partial charge in [0, 0.05) is 63.1 Å². The Hall–Kier alpha value is -2.77. The van der Waals surface area contributed by atoms with Crippen LogP contribution in [0.2, 0.25) is 0 Å². The molecule has 4 rings (SSSR count). The van der Waals surface area contributed by atoms with Gasteiger partial charge in [-0.3, -0.25) is 9.59 Å². The third-order valence-corrected chi connectivity index (χ3v) is 7.07. The van der Waals surface area contributed by atoms with Gasteiger partial charge < -0.3 is 25.3 Å². The number of nitrogens with one attached hydrogen (secondary N) is 2. The maximum atomic E-state index is 13.3. The zero-order valence-electron chi connectivity index (χ0n) is 19.8. The summed E-state index contributed by atoms with van der Waals surface area (Å²) in [5.41, 5.74) is 2.17. The molecule has 33 heavy (non-hydrogen) atoms. The van der Waals surface area contributed by atoms with Crippen molar-refractivity contribution in [3.8, 4) is 0 Å². The quantitative estimate of drug-likeness (QED) is 0.712. The number of piperazine rings is 1. The highest BCUT2D eigenvalue weighted by Gasteiger charge is 2.28. The van der Waals surface area contributed by atoms with Crippen molar-refractivity contribution in [2.24, 2.45) is 0 Å². The van der Waals surface area contributed by atoms with Gasteiger partial charge in [0.2, 0.25) is 5.91 Å². The van der Waals surface area contributed by atoms with E-state index in [1.54, 1.807) is 0 Å². The summed E-state index contributed by atoms with van der Waals surface area (Å²) >= 11 is 0. The Morgan fingerprint density at radius 1 is 0.879 bits per heavy atom. The molecular weight excluding hydrogens is 418 g/mol. The Morgan fingerprint density at radius 3 is 2.24 bits per heavy atom. The first-order valence-corrected chi connectivity index (χ1v) is 12.6. The first-order valence-electron chi connectivity index (χ1n) is 12.6. The Balaban J connectivity index is 1.44. The van der Waals surface area contributed by atoms with E-state index in [-0.39, 0.29) is 17.8 Å². The number of amides is 4. The lowest BCUT2D eigenvalue weighted by Gasteiger charge is -2.38. The predicted octanol–water partition coefficient (Wildman–Crippen LogP) is 3.44. The van der Waals surface area contributed by atoms with E-state index in [1.165, 1.54) is 19.3 Å². The Morgan fingerprint density at radius 2 is 1.58 bits per heavy atom. The van der Waals surface area contributed by atoms with Crippen LogP contribution >= 0.6 is 0 Å². The summed E-state index contributed by atoms with van der Waals surface area (Å²) in [6.07, 6.45) is 8.27. The smallest absolute Gasteiger partial charge is 0.317 e. The fourth-order valence-electron chi connectivity index (χ4n) is 5.06. The maximum absolute atomic E-state index is 13.3. The summed E-state index contributed by atoms with van der Waals surface area (Å²) < 4.78 is 0. The molecule has 2 saturated heterocycles. The molecule has 1 aromatic carbocycles. The zero-order valence-corrected chi connectivity index (χ0v) is 19.8. The fourth-order valence-corrected chi connectivity index (χ4v) is 5.06. The van der Waals surface area contributed by atoms with Crippen LogP contribution in [0.25, 0.3) is 0 Å². The molecule has 4 amide bonds. The first kappa shape index (κ1) is 23.4. The van der Waals surface area contributed by atoms with Crippen LogP contribution in [0.5, 0.6) is 0 Å². The van der Waals surface area contributed by atoms with E-state index in [1.807, 2.05) is 34.9 Å². The molecule has 2 heterocycles. The number of urea groups is 1. The van der Waals surface area contributed by atoms with Gasteiger partial charge in [-0.05, 0) is 43.9 Å². The van der Waals surface area contributed by atoms with Crippen molar-refractivity contribution in [1.82, 2.24) is 15.1 Å². The second kappa shape index (κ2) is 10.9. The average Bonchev–Trinajstić information content (AvgIpc) is 3.39. The molecule has 1 aliphatic carbocycles. The number of rotatable bonds is 5. The highest BCUT2D eigenvalue weighted by Crippen LogP contribution is 2.28. The van der Waals surface area contributed by atoms with Crippen molar-refractivity contribution in [2.75, 3.05) is 49.5 Å². The number of likely N-dealkylation sites (tertiary alicyclic amines) is 1. The van der Waals surface area contributed by atoms with Crippen molar-refractivity contribution in [3.05, 3.63) is 23.8 Å². The highest BCUT2D eigenvalue weighted by atomic mass is 16.2. The maximum Gasteiger partial charge on any atom is 0.317 e. The van der Waals surface area contributed by atoms with E-state index in [2.05, 4.69) is 15.5 Å². The minimum absolute atomic E-state index is 0.0209. The van der Waals surface area contributed by atoms with Gasteiger partial charge in [-0.2, -0.15) is 0 Å². The van der Waals surface area contributed by atoms with Crippen LogP contribution < -0.4 is 15.5 Å². The van der Waals surface area contributed by atoms with Crippen molar-refractivity contribution in [2.45, 2.75) is 64.3 Å². The van der Waals surface area contributed by atoms with Gasteiger partial charge in [-0.1, -0.05) is 26.2 Å². The highest BCUT2D eigenvalue weighted by molar-refractivity contribution is 6.02. The van der Waals surface area contributed by atoms with Crippen LogP contribution in [0.15, 0.2) is 18.2 Å². The largest absolute Gasteiger partial charge is 0.367 e. The van der Waals surface area contributed by atoms with Crippen LogP contribution in [-0.4, -0.2) is 73.0 Å². The molecule has 1 aromatic rings. The van der Waals surface area contributed by atoms with Gasteiger partial charge in [-0.15, -0.1) is 0 Å². The normalized spacial score (nSPS) is 19.5. The lowest BCUT2D eigenvalue weighted by atomic mass is 9.96. The molecule has 0 unspecified atom stereocenters. The molecule has 8 nitrogen and oxygen atoms in total. The zero-order chi connectivity index (χ0) is 23.2. The van der Waals surface area contributed by atoms with Gasteiger partial charge in [0.25, 0.3) is 5.91 Å². The average molecular weight is 456 g/mol.